The minimum atomic E-state index is -0.248. The van der Waals surface area contributed by atoms with Gasteiger partial charge in [0, 0.05) is 23.7 Å². The Morgan fingerprint density at radius 3 is 2.59 bits per heavy atom. The third kappa shape index (κ3) is 4.38. The van der Waals surface area contributed by atoms with E-state index in [1.54, 1.807) is 12.3 Å². The van der Waals surface area contributed by atoms with Crippen molar-refractivity contribution >= 4 is 33.7 Å². The number of carbonyl (C=O) groups excluding carboxylic acids is 1. The molecule has 0 spiro atoms. The number of nitrogens with zero attached hydrogens (tertiary/aromatic N) is 5. The Balaban J connectivity index is 1.24. The molecule has 1 aliphatic rings. The minimum Gasteiger partial charge on any atom is -0.393 e. The molecule has 186 valence electrons. The highest BCUT2D eigenvalue weighted by atomic mass is 16.3. The summed E-state index contributed by atoms with van der Waals surface area (Å²) in [6, 6.07) is 17.4. The number of nitrogen functional groups attached to an aromatic ring is 1. The van der Waals surface area contributed by atoms with Crippen LogP contribution in [0.2, 0.25) is 0 Å². The molecule has 5 aromatic rings. The monoisotopic (exact) mass is 493 g/mol. The van der Waals surface area contributed by atoms with Crippen LogP contribution in [0.4, 0.5) is 5.82 Å². The summed E-state index contributed by atoms with van der Waals surface area (Å²) < 4.78 is 1.95. The highest BCUT2D eigenvalue weighted by molar-refractivity contribution is 6.05. The van der Waals surface area contributed by atoms with Crippen molar-refractivity contribution in [3.8, 4) is 11.3 Å². The summed E-state index contributed by atoms with van der Waals surface area (Å²) in [7, 11) is 0. The number of anilines is 1. The normalized spacial score (nSPS) is 17.8. The SMILES string of the molecule is Nc1ncnc2c1c(-c1ccc(CNC(=O)c3cccc4cccnc34)cc1)nn2C1CCC(O)CC1. The van der Waals surface area contributed by atoms with Crippen LogP contribution in [0.15, 0.2) is 67.1 Å². The summed E-state index contributed by atoms with van der Waals surface area (Å²) in [5.74, 6) is 0.225. The molecule has 0 atom stereocenters. The first-order chi connectivity index (χ1) is 18.1. The molecule has 1 amide bonds. The maximum atomic E-state index is 12.9. The van der Waals surface area contributed by atoms with E-state index in [4.69, 9.17) is 10.8 Å². The highest BCUT2D eigenvalue weighted by Crippen LogP contribution is 2.36. The molecule has 1 saturated carbocycles. The van der Waals surface area contributed by atoms with Crippen molar-refractivity contribution in [2.45, 2.75) is 44.4 Å². The maximum absolute atomic E-state index is 12.9. The van der Waals surface area contributed by atoms with Crippen LogP contribution in [0.1, 0.15) is 47.6 Å². The topological polar surface area (TPSA) is 132 Å². The molecule has 4 N–H and O–H groups in total. The molecule has 2 aromatic carbocycles. The van der Waals surface area contributed by atoms with Gasteiger partial charge in [-0.05, 0) is 43.4 Å². The molecular weight excluding hydrogens is 466 g/mol. The summed E-state index contributed by atoms with van der Waals surface area (Å²) in [5.41, 5.74) is 10.8. The number of aromatic nitrogens is 5. The van der Waals surface area contributed by atoms with E-state index >= 15 is 0 Å². The summed E-state index contributed by atoms with van der Waals surface area (Å²) in [6.45, 7) is 0.382. The van der Waals surface area contributed by atoms with Gasteiger partial charge < -0.3 is 16.2 Å². The number of nitrogens with two attached hydrogens (primary N) is 1. The number of aliphatic hydroxyl groups excluding tert-OH is 1. The third-order valence-electron chi connectivity index (χ3n) is 7.09. The van der Waals surface area contributed by atoms with Gasteiger partial charge in [-0.3, -0.25) is 9.78 Å². The number of para-hydroxylation sites is 1. The van der Waals surface area contributed by atoms with E-state index in [0.717, 1.165) is 53.3 Å². The predicted molar refractivity (Wildman–Crippen MR) is 142 cm³/mol. The highest BCUT2D eigenvalue weighted by Gasteiger charge is 2.26. The van der Waals surface area contributed by atoms with Crippen molar-refractivity contribution in [1.82, 2.24) is 30.0 Å². The fourth-order valence-electron chi connectivity index (χ4n) is 5.10. The van der Waals surface area contributed by atoms with Crippen LogP contribution in [0.5, 0.6) is 0 Å². The number of nitrogens with one attached hydrogen (secondary N) is 1. The van der Waals surface area contributed by atoms with Crippen LogP contribution in [-0.4, -0.2) is 41.9 Å². The number of pyridine rings is 1. The van der Waals surface area contributed by atoms with E-state index in [1.165, 1.54) is 6.33 Å². The van der Waals surface area contributed by atoms with Gasteiger partial charge >= 0.3 is 0 Å². The van der Waals surface area contributed by atoms with Crippen molar-refractivity contribution < 1.29 is 9.90 Å². The van der Waals surface area contributed by atoms with Gasteiger partial charge in [-0.2, -0.15) is 5.10 Å². The molecule has 1 fully saturated rings. The molecule has 0 aliphatic heterocycles. The zero-order chi connectivity index (χ0) is 25.4. The first-order valence-electron chi connectivity index (χ1n) is 12.5. The van der Waals surface area contributed by atoms with Crippen LogP contribution in [0, 0.1) is 0 Å². The Bertz CT molecular complexity index is 1580. The van der Waals surface area contributed by atoms with Gasteiger partial charge in [0.05, 0.1) is 28.6 Å². The number of amides is 1. The van der Waals surface area contributed by atoms with Gasteiger partial charge in [-0.15, -0.1) is 0 Å². The molecule has 6 rings (SSSR count). The second-order valence-electron chi connectivity index (χ2n) is 9.47. The lowest BCUT2D eigenvalue weighted by Crippen LogP contribution is -2.23. The first kappa shape index (κ1) is 23.1. The largest absolute Gasteiger partial charge is 0.393 e. The Labute approximate surface area is 213 Å². The van der Waals surface area contributed by atoms with Crippen molar-refractivity contribution in [2.75, 3.05) is 5.73 Å². The van der Waals surface area contributed by atoms with E-state index in [2.05, 4.69) is 20.3 Å². The van der Waals surface area contributed by atoms with Crippen LogP contribution in [0.25, 0.3) is 33.2 Å². The van der Waals surface area contributed by atoms with Gasteiger partial charge in [0.1, 0.15) is 17.8 Å². The fourth-order valence-corrected chi connectivity index (χ4v) is 5.10. The van der Waals surface area contributed by atoms with Gasteiger partial charge in [0.2, 0.25) is 0 Å². The smallest absolute Gasteiger partial charge is 0.253 e. The van der Waals surface area contributed by atoms with Crippen LogP contribution >= 0.6 is 0 Å². The Hall–Kier alpha value is -4.37. The number of carbonyl (C=O) groups is 1. The minimum absolute atomic E-state index is 0.159. The molecule has 9 nitrogen and oxygen atoms in total. The molecule has 0 unspecified atom stereocenters. The number of fused-ring (bicyclic) bond motifs is 2. The first-order valence-corrected chi connectivity index (χ1v) is 12.5. The molecule has 0 bridgehead atoms. The number of aliphatic hydroxyl groups is 1. The molecule has 1 aliphatic carbocycles. The van der Waals surface area contributed by atoms with Gasteiger partial charge in [-0.1, -0.05) is 42.5 Å². The molecule has 9 heteroatoms. The lowest BCUT2D eigenvalue weighted by molar-refractivity contribution is 0.0952. The molecule has 0 saturated heterocycles. The summed E-state index contributed by atoms with van der Waals surface area (Å²) in [6.07, 6.45) is 6.08. The number of hydrogen-bond acceptors (Lipinski definition) is 7. The molecule has 3 heterocycles. The molecule has 3 aromatic heterocycles. The second-order valence-corrected chi connectivity index (χ2v) is 9.47. The molecule has 37 heavy (non-hydrogen) atoms. The van der Waals surface area contributed by atoms with Crippen LogP contribution < -0.4 is 11.1 Å². The van der Waals surface area contributed by atoms with E-state index in [1.807, 2.05) is 53.2 Å². The van der Waals surface area contributed by atoms with Crippen molar-refractivity contribution in [3.63, 3.8) is 0 Å². The van der Waals surface area contributed by atoms with Gasteiger partial charge in [-0.25, -0.2) is 14.6 Å². The number of rotatable bonds is 5. The third-order valence-corrected chi connectivity index (χ3v) is 7.09. The average Bonchev–Trinajstić information content (AvgIpc) is 3.33. The molecule has 0 radical (unpaired) electrons. The Morgan fingerprint density at radius 1 is 1.00 bits per heavy atom. The zero-order valence-corrected chi connectivity index (χ0v) is 20.2. The number of hydrogen-bond donors (Lipinski definition) is 3. The number of benzene rings is 2. The zero-order valence-electron chi connectivity index (χ0n) is 20.2. The van der Waals surface area contributed by atoms with Crippen molar-refractivity contribution in [1.29, 1.82) is 0 Å². The second kappa shape index (κ2) is 9.59. The lowest BCUT2D eigenvalue weighted by Gasteiger charge is -2.25. The Kier molecular flexibility index (Phi) is 5.97. The van der Waals surface area contributed by atoms with E-state index in [0.29, 0.717) is 29.1 Å². The summed E-state index contributed by atoms with van der Waals surface area (Å²) >= 11 is 0. The average molecular weight is 494 g/mol. The van der Waals surface area contributed by atoms with Crippen LogP contribution in [-0.2, 0) is 6.54 Å². The van der Waals surface area contributed by atoms with E-state index in [-0.39, 0.29) is 18.1 Å². The van der Waals surface area contributed by atoms with E-state index in [9.17, 15) is 9.90 Å². The summed E-state index contributed by atoms with van der Waals surface area (Å²) in [5, 5.41) is 19.5. The van der Waals surface area contributed by atoms with Crippen molar-refractivity contribution in [2.24, 2.45) is 0 Å². The lowest BCUT2D eigenvalue weighted by atomic mass is 9.93. The quantitative estimate of drug-likeness (QED) is 0.337. The molecular formula is C28H27N7O2. The van der Waals surface area contributed by atoms with Gasteiger partial charge in [0.25, 0.3) is 5.91 Å². The standard InChI is InChI=1S/C28H27N7O2/c29-26-23-25(34-35(27(23)33-16-32-26)20-10-12-21(36)13-11-20)19-8-6-17(7-9-19)15-31-28(37)22-5-1-3-18-4-2-14-30-24(18)22/h1-9,14,16,20-21,36H,10-13,15H2,(H,31,37)(H2,29,32,33). The predicted octanol–water partition coefficient (Wildman–Crippen LogP) is 4.03. The van der Waals surface area contributed by atoms with Crippen molar-refractivity contribution in [3.05, 3.63) is 78.2 Å². The van der Waals surface area contributed by atoms with Gasteiger partial charge in [0.15, 0.2) is 5.65 Å². The Morgan fingerprint density at radius 2 is 1.78 bits per heavy atom. The van der Waals surface area contributed by atoms with E-state index < -0.39 is 0 Å². The van der Waals surface area contributed by atoms with Crippen LogP contribution in [0.3, 0.4) is 0 Å². The maximum Gasteiger partial charge on any atom is 0.253 e. The fraction of sp³-hybridized carbons (Fsp3) is 0.250. The summed E-state index contributed by atoms with van der Waals surface area (Å²) in [4.78, 5) is 25.9.